The topological polar surface area (TPSA) is 0 Å². The van der Waals surface area contributed by atoms with Crippen molar-refractivity contribution in [3.05, 3.63) is 0 Å². The lowest BCUT2D eigenvalue weighted by Crippen LogP contribution is -2.29. The van der Waals surface area contributed by atoms with Crippen molar-refractivity contribution in [3.63, 3.8) is 0 Å². The molecule has 0 saturated heterocycles. The van der Waals surface area contributed by atoms with Gasteiger partial charge in [0.15, 0.2) is 0 Å². The van der Waals surface area contributed by atoms with Crippen LogP contribution < -0.4 is 0 Å². The largest absolute Gasteiger partial charge is 0.159 e. The van der Waals surface area contributed by atoms with Crippen LogP contribution in [0.5, 0.6) is 0 Å². The molecule has 0 bridgehead atoms. The summed E-state index contributed by atoms with van der Waals surface area (Å²) >= 11 is 7.15. The second kappa shape index (κ2) is 42.2. The Kier molecular flexibility index (Phi) is 41.4. The Bertz CT molecular complexity index is 546. The molecule has 0 unspecified atom stereocenters. The van der Waals surface area contributed by atoms with E-state index in [-0.39, 0.29) is 0 Å². The van der Waals surface area contributed by atoms with E-state index in [4.69, 9.17) is 0 Å². The van der Waals surface area contributed by atoms with Crippen LogP contribution in [0.25, 0.3) is 0 Å². The van der Waals surface area contributed by atoms with Crippen molar-refractivity contribution in [3.8, 4) is 0 Å². The Balaban J connectivity index is 2.20. The van der Waals surface area contributed by atoms with Gasteiger partial charge in [-0.15, -0.1) is 0 Å². The van der Waals surface area contributed by atoms with E-state index in [9.17, 15) is 0 Å². The minimum absolute atomic E-state index is 0.936. The highest BCUT2D eigenvalue weighted by Crippen LogP contribution is 2.40. The summed E-state index contributed by atoms with van der Waals surface area (Å²) in [7, 11) is 0. The normalized spacial score (nSPS) is 17.8. The van der Waals surface area contributed by atoms with Crippen molar-refractivity contribution < 1.29 is 0 Å². The van der Waals surface area contributed by atoms with Crippen LogP contribution in [0.2, 0.25) is 0 Å². The van der Waals surface area contributed by atoms with E-state index in [1.807, 2.05) is 0 Å². The Morgan fingerprint density at radius 2 is 0.392 bits per heavy atom. The number of hydrogen-bond acceptors (Lipinski definition) is 3. The lowest BCUT2D eigenvalue weighted by molar-refractivity contribution is 0.535. The van der Waals surface area contributed by atoms with Gasteiger partial charge in [-0.2, -0.15) is 35.3 Å². The van der Waals surface area contributed by atoms with E-state index in [1.54, 1.807) is 0 Å². The van der Waals surface area contributed by atoms with Crippen LogP contribution in [0, 0.1) is 0 Å². The summed E-state index contributed by atoms with van der Waals surface area (Å²) in [6.07, 6.45) is 57.3. The Labute approximate surface area is 337 Å². The van der Waals surface area contributed by atoms with E-state index in [2.05, 4.69) is 56.1 Å². The maximum Gasteiger partial charge on any atom is 0.00681 e. The molecule has 0 atom stereocenters. The molecule has 0 aromatic heterocycles. The number of thioether (sulfide) groups is 3. The zero-order valence-corrected chi connectivity index (χ0v) is 38.1. The maximum atomic E-state index is 2.38. The predicted octanol–water partition coefficient (Wildman–Crippen LogP) is 18.6. The SMILES string of the molecule is CCCCCCCCCCCCCCSC1CC(SCCCCCCCCCCCCCC)CC(SCCCCCCCCCCCCCC)C1. The molecule has 0 aromatic carbocycles. The van der Waals surface area contributed by atoms with Gasteiger partial charge in [0.05, 0.1) is 0 Å². The van der Waals surface area contributed by atoms with Crippen molar-refractivity contribution in [2.24, 2.45) is 0 Å². The molecule has 0 aliphatic heterocycles. The third-order valence-electron chi connectivity index (χ3n) is 11.6. The summed E-state index contributed by atoms with van der Waals surface area (Å²) in [5.41, 5.74) is 0. The number of unbranched alkanes of at least 4 members (excludes halogenated alkanes) is 33. The van der Waals surface area contributed by atoms with E-state index in [1.165, 1.54) is 268 Å². The second-order valence-electron chi connectivity index (χ2n) is 16.9. The van der Waals surface area contributed by atoms with Crippen molar-refractivity contribution in [2.45, 2.75) is 287 Å². The molecule has 0 spiro atoms. The van der Waals surface area contributed by atoms with Crippen LogP contribution in [-0.2, 0) is 0 Å². The lowest BCUT2D eigenvalue weighted by atomic mass is 9.99. The van der Waals surface area contributed by atoms with Crippen LogP contribution in [0.3, 0.4) is 0 Å². The van der Waals surface area contributed by atoms with Gasteiger partial charge in [-0.25, -0.2) is 0 Å². The van der Waals surface area contributed by atoms with Crippen LogP contribution in [-0.4, -0.2) is 33.0 Å². The molecule has 1 aliphatic carbocycles. The van der Waals surface area contributed by atoms with Gasteiger partial charge in [-0.3, -0.25) is 0 Å². The first kappa shape index (κ1) is 50.1. The minimum atomic E-state index is 0.936. The number of rotatable bonds is 42. The molecule has 1 aliphatic rings. The third-order valence-corrected chi connectivity index (χ3v) is 15.8. The van der Waals surface area contributed by atoms with Crippen LogP contribution in [0.4, 0.5) is 0 Å². The standard InChI is InChI=1S/C48H96S3/c1-4-7-10-13-16-19-22-25-28-31-34-37-40-49-46-43-47(50-41-38-35-32-29-26-23-20-17-14-11-8-5-2)45-48(44-46)51-42-39-36-33-30-27-24-21-18-15-12-9-6-3/h46-48H,4-45H2,1-3H3. The van der Waals surface area contributed by atoms with Crippen LogP contribution in [0.15, 0.2) is 0 Å². The highest BCUT2D eigenvalue weighted by Gasteiger charge is 2.29. The van der Waals surface area contributed by atoms with Gasteiger partial charge in [0.1, 0.15) is 0 Å². The monoisotopic (exact) mass is 769 g/mol. The smallest absolute Gasteiger partial charge is 0.00681 e. The van der Waals surface area contributed by atoms with Crippen molar-refractivity contribution >= 4 is 35.3 Å². The van der Waals surface area contributed by atoms with Crippen molar-refractivity contribution in [2.75, 3.05) is 17.3 Å². The van der Waals surface area contributed by atoms with Crippen LogP contribution in [0.1, 0.15) is 271 Å². The van der Waals surface area contributed by atoms with Gasteiger partial charge < -0.3 is 0 Å². The van der Waals surface area contributed by atoms with Crippen LogP contribution >= 0.6 is 35.3 Å². The fraction of sp³-hybridized carbons (Fsp3) is 1.00. The maximum absolute atomic E-state index is 2.38. The molecule has 0 amide bonds. The van der Waals surface area contributed by atoms with E-state index >= 15 is 0 Å². The fourth-order valence-electron chi connectivity index (χ4n) is 8.16. The predicted molar refractivity (Wildman–Crippen MR) is 246 cm³/mol. The first-order valence-corrected chi connectivity index (χ1v) is 27.3. The molecule has 3 heteroatoms. The lowest BCUT2D eigenvalue weighted by Gasteiger charge is -2.34. The molecule has 1 saturated carbocycles. The van der Waals surface area contributed by atoms with E-state index < -0.39 is 0 Å². The molecule has 306 valence electrons. The first-order chi connectivity index (χ1) is 25.3. The Morgan fingerprint density at radius 3 is 0.569 bits per heavy atom. The molecular formula is C48H96S3. The van der Waals surface area contributed by atoms with E-state index in [0.29, 0.717) is 0 Å². The Morgan fingerprint density at radius 1 is 0.235 bits per heavy atom. The summed E-state index contributed by atoms with van der Waals surface area (Å²) in [6.45, 7) is 6.97. The summed E-state index contributed by atoms with van der Waals surface area (Å²) in [4.78, 5) is 0. The van der Waals surface area contributed by atoms with Gasteiger partial charge in [-0.05, 0) is 55.8 Å². The quantitative estimate of drug-likeness (QED) is 0.0568. The highest BCUT2D eigenvalue weighted by atomic mass is 32.2. The van der Waals surface area contributed by atoms with Crippen molar-refractivity contribution in [1.82, 2.24) is 0 Å². The molecule has 0 heterocycles. The molecule has 51 heavy (non-hydrogen) atoms. The van der Waals surface area contributed by atoms with Gasteiger partial charge >= 0.3 is 0 Å². The summed E-state index contributed by atoms with van der Waals surface area (Å²) in [5, 5.41) is 2.81. The third kappa shape index (κ3) is 36.4. The zero-order chi connectivity index (χ0) is 36.6. The molecule has 0 nitrogen and oxygen atoms in total. The minimum Gasteiger partial charge on any atom is -0.159 e. The fourth-order valence-corrected chi connectivity index (χ4v) is 12.8. The van der Waals surface area contributed by atoms with Gasteiger partial charge in [0, 0.05) is 15.7 Å². The molecule has 0 aromatic rings. The van der Waals surface area contributed by atoms with Crippen molar-refractivity contribution in [1.29, 1.82) is 0 Å². The van der Waals surface area contributed by atoms with E-state index in [0.717, 1.165) is 15.7 Å². The van der Waals surface area contributed by atoms with Gasteiger partial charge in [0.2, 0.25) is 0 Å². The molecular weight excluding hydrogens is 673 g/mol. The first-order valence-electron chi connectivity index (χ1n) is 24.1. The summed E-state index contributed by atoms with van der Waals surface area (Å²) in [5.74, 6) is 4.27. The second-order valence-corrected chi connectivity index (χ2v) is 21.1. The average molecular weight is 769 g/mol. The molecule has 0 radical (unpaired) electrons. The molecule has 0 N–H and O–H groups in total. The van der Waals surface area contributed by atoms with Gasteiger partial charge in [-0.1, -0.05) is 233 Å². The molecule has 1 rings (SSSR count). The summed E-state index contributed by atoms with van der Waals surface area (Å²) in [6, 6.07) is 0. The zero-order valence-electron chi connectivity index (χ0n) is 35.7. The molecule has 1 fully saturated rings. The number of hydrogen-bond donors (Lipinski definition) is 0. The Hall–Kier alpha value is 1.05. The average Bonchev–Trinajstić information content (AvgIpc) is 3.14. The highest BCUT2D eigenvalue weighted by molar-refractivity contribution is 8.01. The summed E-state index contributed by atoms with van der Waals surface area (Å²) < 4.78 is 0. The van der Waals surface area contributed by atoms with Gasteiger partial charge in [0.25, 0.3) is 0 Å².